The average Bonchev–Trinajstić information content (AvgIpc) is 2.54. The third-order valence-electron chi connectivity index (χ3n) is 3.35. The number of nitrogen functional groups attached to an aromatic ring is 1. The topological polar surface area (TPSA) is 43.1 Å². The summed E-state index contributed by atoms with van der Waals surface area (Å²) in [6.07, 6.45) is 3.50. The highest BCUT2D eigenvalue weighted by molar-refractivity contribution is 7.16. The standard InChI is InChI=1S/C13H19NOS/c1-7(2)12(15)11-10-8(3)5-4-6-9(10)16-13(11)14/h7-8H,4-6,14H2,1-3H3. The van der Waals surface area contributed by atoms with E-state index < -0.39 is 0 Å². The third kappa shape index (κ3) is 1.77. The van der Waals surface area contributed by atoms with Crippen LogP contribution < -0.4 is 5.73 Å². The number of rotatable bonds is 2. The van der Waals surface area contributed by atoms with Crippen molar-refractivity contribution in [1.29, 1.82) is 0 Å². The summed E-state index contributed by atoms with van der Waals surface area (Å²) < 4.78 is 0. The maximum absolute atomic E-state index is 12.2. The number of hydrogen-bond donors (Lipinski definition) is 1. The Morgan fingerprint density at radius 2 is 2.19 bits per heavy atom. The van der Waals surface area contributed by atoms with Crippen LogP contribution in [0.3, 0.4) is 0 Å². The number of fused-ring (bicyclic) bond motifs is 1. The molecule has 0 saturated heterocycles. The first-order valence-electron chi connectivity index (χ1n) is 5.97. The van der Waals surface area contributed by atoms with Gasteiger partial charge in [-0.25, -0.2) is 0 Å². The number of carbonyl (C=O) groups is 1. The van der Waals surface area contributed by atoms with Crippen molar-refractivity contribution in [2.45, 2.75) is 46.0 Å². The van der Waals surface area contributed by atoms with Crippen LogP contribution in [-0.2, 0) is 6.42 Å². The zero-order valence-electron chi connectivity index (χ0n) is 10.2. The van der Waals surface area contributed by atoms with E-state index in [9.17, 15) is 4.79 Å². The second kappa shape index (κ2) is 4.21. The molecule has 88 valence electrons. The van der Waals surface area contributed by atoms with Gasteiger partial charge in [-0.15, -0.1) is 11.3 Å². The molecule has 1 aromatic heterocycles. The quantitative estimate of drug-likeness (QED) is 0.798. The second-order valence-electron chi connectivity index (χ2n) is 4.99. The molecule has 0 fully saturated rings. The third-order valence-corrected chi connectivity index (χ3v) is 4.45. The molecule has 2 N–H and O–H groups in total. The van der Waals surface area contributed by atoms with Crippen molar-refractivity contribution in [3.8, 4) is 0 Å². The number of ketones is 1. The van der Waals surface area contributed by atoms with E-state index in [0.29, 0.717) is 5.92 Å². The number of carbonyl (C=O) groups excluding carboxylic acids is 1. The Hall–Kier alpha value is -0.830. The fourth-order valence-electron chi connectivity index (χ4n) is 2.47. The molecule has 1 atom stereocenters. The van der Waals surface area contributed by atoms with Crippen LogP contribution in [0.25, 0.3) is 0 Å². The molecule has 0 aliphatic heterocycles. The summed E-state index contributed by atoms with van der Waals surface area (Å²) in [6.45, 7) is 6.10. The van der Waals surface area contributed by atoms with Gasteiger partial charge in [0.2, 0.25) is 0 Å². The molecule has 0 saturated carbocycles. The minimum absolute atomic E-state index is 0.0372. The van der Waals surface area contributed by atoms with Gasteiger partial charge in [-0.1, -0.05) is 20.8 Å². The summed E-state index contributed by atoms with van der Waals surface area (Å²) in [5.74, 6) is 0.744. The first-order valence-corrected chi connectivity index (χ1v) is 6.79. The van der Waals surface area contributed by atoms with Crippen molar-refractivity contribution in [1.82, 2.24) is 0 Å². The summed E-state index contributed by atoms with van der Waals surface area (Å²) in [5.41, 5.74) is 8.11. The van der Waals surface area contributed by atoms with Crippen LogP contribution in [0.15, 0.2) is 0 Å². The molecule has 1 aliphatic carbocycles. The molecule has 1 unspecified atom stereocenters. The summed E-state index contributed by atoms with van der Waals surface area (Å²) in [6, 6.07) is 0. The van der Waals surface area contributed by atoms with Gasteiger partial charge in [0.15, 0.2) is 5.78 Å². The number of aryl methyl sites for hydroxylation is 1. The Balaban J connectivity index is 2.52. The van der Waals surface area contributed by atoms with Crippen molar-refractivity contribution in [3.63, 3.8) is 0 Å². The normalized spacial score (nSPS) is 19.9. The Morgan fingerprint density at radius 3 is 2.81 bits per heavy atom. The highest BCUT2D eigenvalue weighted by Gasteiger charge is 2.28. The molecular weight excluding hydrogens is 218 g/mol. The Labute approximate surface area is 101 Å². The number of hydrogen-bond acceptors (Lipinski definition) is 3. The number of anilines is 1. The lowest BCUT2D eigenvalue weighted by Crippen LogP contribution is -2.14. The Morgan fingerprint density at radius 1 is 1.50 bits per heavy atom. The van der Waals surface area contributed by atoms with Gasteiger partial charge >= 0.3 is 0 Å². The maximum Gasteiger partial charge on any atom is 0.168 e. The van der Waals surface area contributed by atoms with E-state index in [0.717, 1.165) is 17.0 Å². The van der Waals surface area contributed by atoms with Crippen LogP contribution in [0.5, 0.6) is 0 Å². The maximum atomic E-state index is 12.2. The zero-order valence-corrected chi connectivity index (χ0v) is 11.0. The highest BCUT2D eigenvalue weighted by atomic mass is 32.1. The first-order chi connectivity index (χ1) is 7.52. The van der Waals surface area contributed by atoms with Gasteiger partial charge in [0.1, 0.15) is 0 Å². The summed E-state index contributed by atoms with van der Waals surface area (Å²) >= 11 is 1.62. The monoisotopic (exact) mass is 237 g/mol. The van der Waals surface area contributed by atoms with Gasteiger partial charge in [0.05, 0.1) is 10.6 Å². The van der Waals surface area contributed by atoms with E-state index in [2.05, 4.69) is 6.92 Å². The van der Waals surface area contributed by atoms with Gasteiger partial charge in [0.25, 0.3) is 0 Å². The average molecular weight is 237 g/mol. The molecular formula is C13H19NOS. The SMILES string of the molecule is CC(C)C(=O)c1c(N)sc2c1C(C)CCC2. The molecule has 2 rings (SSSR count). The zero-order chi connectivity index (χ0) is 11.9. The lowest BCUT2D eigenvalue weighted by molar-refractivity contribution is 0.0939. The second-order valence-corrected chi connectivity index (χ2v) is 6.13. The van der Waals surface area contributed by atoms with Crippen LogP contribution in [0.2, 0.25) is 0 Å². The van der Waals surface area contributed by atoms with E-state index in [1.807, 2.05) is 13.8 Å². The first kappa shape index (κ1) is 11.6. The van der Waals surface area contributed by atoms with Crippen LogP contribution in [0, 0.1) is 5.92 Å². The molecule has 3 heteroatoms. The minimum atomic E-state index is 0.0372. The van der Waals surface area contributed by atoms with E-state index in [1.165, 1.54) is 23.3 Å². The van der Waals surface area contributed by atoms with Gasteiger partial charge < -0.3 is 5.73 Å². The molecule has 0 spiro atoms. The van der Waals surface area contributed by atoms with Gasteiger partial charge in [-0.2, -0.15) is 0 Å². The van der Waals surface area contributed by atoms with E-state index >= 15 is 0 Å². The Bertz CT molecular complexity index is 420. The molecule has 1 aliphatic rings. The van der Waals surface area contributed by atoms with Gasteiger partial charge in [-0.05, 0) is 30.7 Å². The summed E-state index contributed by atoms with van der Waals surface area (Å²) in [4.78, 5) is 13.5. The molecule has 0 radical (unpaired) electrons. The highest BCUT2D eigenvalue weighted by Crippen LogP contribution is 2.42. The lowest BCUT2D eigenvalue weighted by atomic mass is 9.84. The van der Waals surface area contributed by atoms with E-state index in [1.54, 1.807) is 11.3 Å². The smallest absolute Gasteiger partial charge is 0.168 e. The molecule has 0 aromatic carbocycles. The summed E-state index contributed by atoms with van der Waals surface area (Å²) in [5, 5.41) is 0.734. The van der Waals surface area contributed by atoms with Crippen LogP contribution in [0.1, 0.15) is 60.3 Å². The van der Waals surface area contributed by atoms with Gasteiger partial charge in [0, 0.05) is 10.8 Å². The molecule has 2 nitrogen and oxygen atoms in total. The van der Waals surface area contributed by atoms with Crippen molar-refractivity contribution in [2.24, 2.45) is 5.92 Å². The van der Waals surface area contributed by atoms with E-state index in [-0.39, 0.29) is 11.7 Å². The molecule has 0 amide bonds. The molecule has 16 heavy (non-hydrogen) atoms. The predicted octanol–water partition coefficient (Wildman–Crippen LogP) is 3.61. The van der Waals surface area contributed by atoms with E-state index in [4.69, 9.17) is 5.73 Å². The lowest BCUT2D eigenvalue weighted by Gasteiger charge is -2.20. The van der Waals surface area contributed by atoms with Crippen LogP contribution in [-0.4, -0.2) is 5.78 Å². The fourth-order valence-corrected chi connectivity index (χ4v) is 3.71. The molecule has 0 bridgehead atoms. The number of nitrogens with two attached hydrogens (primary N) is 1. The molecule has 1 aromatic rings. The molecule has 1 heterocycles. The number of Topliss-reactive ketones (excluding diaryl/α,β-unsaturated/α-hetero) is 1. The predicted molar refractivity (Wildman–Crippen MR) is 69.3 cm³/mol. The van der Waals surface area contributed by atoms with Gasteiger partial charge in [-0.3, -0.25) is 4.79 Å². The van der Waals surface area contributed by atoms with Crippen molar-refractivity contribution < 1.29 is 4.79 Å². The van der Waals surface area contributed by atoms with Crippen LogP contribution in [0.4, 0.5) is 5.00 Å². The van der Waals surface area contributed by atoms with Crippen molar-refractivity contribution in [3.05, 3.63) is 16.0 Å². The Kier molecular flexibility index (Phi) is 3.06. The summed E-state index contributed by atoms with van der Waals surface area (Å²) in [7, 11) is 0. The van der Waals surface area contributed by atoms with Crippen LogP contribution >= 0.6 is 11.3 Å². The largest absolute Gasteiger partial charge is 0.390 e. The minimum Gasteiger partial charge on any atom is -0.390 e. The fraction of sp³-hybridized carbons (Fsp3) is 0.615. The van der Waals surface area contributed by atoms with Crippen molar-refractivity contribution >= 4 is 22.1 Å². The van der Waals surface area contributed by atoms with Crippen molar-refractivity contribution in [2.75, 3.05) is 5.73 Å². The number of thiophene rings is 1.